The van der Waals surface area contributed by atoms with E-state index in [1.807, 2.05) is 0 Å². The predicted octanol–water partition coefficient (Wildman–Crippen LogP) is 1.30. The number of hydrogen-bond acceptors (Lipinski definition) is 2. The van der Waals surface area contributed by atoms with Gasteiger partial charge in [0.15, 0.2) is 0 Å². The van der Waals surface area contributed by atoms with E-state index in [1.165, 1.54) is 6.08 Å². The van der Waals surface area contributed by atoms with Gasteiger partial charge in [-0.25, -0.2) is 0 Å². The van der Waals surface area contributed by atoms with Gasteiger partial charge in [-0.1, -0.05) is 25.7 Å². The van der Waals surface area contributed by atoms with Crippen molar-refractivity contribution in [3.05, 3.63) is 11.6 Å². The average molecular weight is 197 g/mol. The number of imide groups is 1. The molecule has 0 saturated carbocycles. The van der Waals surface area contributed by atoms with Crippen molar-refractivity contribution in [2.75, 3.05) is 0 Å². The third-order valence-corrected chi connectivity index (χ3v) is 3.73. The molecule has 0 unspecified atom stereocenters. The second-order valence-electron chi connectivity index (χ2n) is 4.55. The first kappa shape index (κ1) is 10.2. The van der Waals surface area contributed by atoms with E-state index in [4.69, 9.17) is 0 Å². The van der Waals surface area contributed by atoms with Crippen LogP contribution in [0.2, 0.25) is 25.7 Å². The summed E-state index contributed by atoms with van der Waals surface area (Å²) in [6.07, 6.45) is 2.16. The van der Waals surface area contributed by atoms with Crippen LogP contribution in [0.15, 0.2) is 11.6 Å². The highest BCUT2D eigenvalue weighted by Crippen LogP contribution is 2.17. The lowest BCUT2D eigenvalue weighted by molar-refractivity contribution is -0.123. The number of rotatable bonds is 3. The molecule has 1 N–H and O–H groups in total. The summed E-state index contributed by atoms with van der Waals surface area (Å²) in [5, 5.41) is 2.25. The van der Waals surface area contributed by atoms with Crippen molar-refractivity contribution in [3.8, 4) is 0 Å². The van der Waals surface area contributed by atoms with E-state index in [1.54, 1.807) is 0 Å². The van der Waals surface area contributed by atoms with Gasteiger partial charge in [-0.15, -0.1) is 0 Å². The van der Waals surface area contributed by atoms with Crippen LogP contribution in [0.1, 0.15) is 6.42 Å². The van der Waals surface area contributed by atoms with Gasteiger partial charge in [0.1, 0.15) is 0 Å². The van der Waals surface area contributed by atoms with E-state index in [2.05, 4.69) is 25.0 Å². The fourth-order valence-electron chi connectivity index (χ4n) is 1.15. The normalized spacial score (nSPS) is 17.3. The Hall–Kier alpha value is -0.903. The minimum absolute atomic E-state index is 0.205. The van der Waals surface area contributed by atoms with E-state index >= 15 is 0 Å². The zero-order valence-electron chi connectivity index (χ0n) is 8.31. The number of nitrogens with one attached hydrogen (secondary N) is 1. The first-order valence-electron chi connectivity index (χ1n) is 4.44. The molecule has 0 aliphatic carbocycles. The highest BCUT2D eigenvalue weighted by atomic mass is 28.3. The van der Waals surface area contributed by atoms with E-state index in [-0.39, 0.29) is 11.8 Å². The molecule has 4 heteroatoms. The SMILES string of the molecule is C[Si](C)(C)CCC1=CC(=O)NC1=O. The molecule has 0 saturated heterocycles. The number of carbonyl (C=O) groups excluding carboxylic acids is 2. The maximum absolute atomic E-state index is 11.1. The first-order valence-corrected chi connectivity index (χ1v) is 8.15. The topological polar surface area (TPSA) is 46.2 Å². The summed E-state index contributed by atoms with van der Waals surface area (Å²) in [4.78, 5) is 21.9. The van der Waals surface area contributed by atoms with Crippen molar-refractivity contribution in [2.45, 2.75) is 32.1 Å². The molecule has 1 aliphatic heterocycles. The molecule has 0 bridgehead atoms. The Morgan fingerprint density at radius 1 is 1.31 bits per heavy atom. The van der Waals surface area contributed by atoms with Crippen molar-refractivity contribution in [2.24, 2.45) is 0 Å². The molecule has 0 spiro atoms. The lowest BCUT2D eigenvalue weighted by atomic mass is 10.2. The Kier molecular flexibility index (Phi) is 2.70. The zero-order valence-corrected chi connectivity index (χ0v) is 9.31. The van der Waals surface area contributed by atoms with E-state index in [0.29, 0.717) is 5.57 Å². The van der Waals surface area contributed by atoms with E-state index in [9.17, 15) is 9.59 Å². The Morgan fingerprint density at radius 2 is 1.92 bits per heavy atom. The minimum Gasteiger partial charge on any atom is -0.289 e. The van der Waals surface area contributed by atoms with Crippen LogP contribution in [-0.4, -0.2) is 19.9 Å². The Bertz CT molecular complexity index is 276. The van der Waals surface area contributed by atoms with Gasteiger partial charge < -0.3 is 0 Å². The largest absolute Gasteiger partial charge is 0.289 e. The van der Waals surface area contributed by atoms with Crippen molar-refractivity contribution in [3.63, 3.8) is 0 Å². The Balaban J connectivity index is 2.51. The van der Waals surface area contributed by atoms with Crippen molar-refractivity contribution >= 4 is 19.9 Å². The Morgan fingerprint density at radius 3 is 2.31 bits per heavy atom. The standard InChI is InChI=1S/C9H15NO2Si/c1-13(2,3)5-4-7-6-8(11)10-9(7)12/h6H,4-5H2,1-3H3,(H,10,11,12). The summed E-state index contributed by atoms with van der Waals surface area (Å²) in [6, 6.07) is 1.06. The van der Waals surface area contributed by atoms with Gasteiger partial charge in [0, 0.05) is 19.7 Å². The Labute approximate surface area is 79.2 Å². The molecule has 3 nitrogen and oxygen atoms in total. The van der Waals surface area contributed by atoms with Crippen LogP contribution in [0.3, 0.4) is 0 Å². The fraction of sp³-hybridized carbons (Fsp3) is 0.556. The first-order chi connectivity index (χ1) is 5.88. The molecule has 2 amide bonds. The summed E-state index contributed by atoms with van der Waals surface area (Å²) >= 11 is 0. The van der Waals surface area contributed by atoms with Gasteiger partial charge >= 0.3 is 0 Å². The molecule has 0 radical (unpaired) electrons. The van der Waals surface area contributed by atoms with Crippen molar-refractivity contribution < 1.29 is 9.59 Å². The van der Waals surface area contributed by atoms with Crippen LogP contribution in [0.5, 0.6) is 0 Å². The lowest BCUT2D eigenvalue weighted by Crippen LogP contribution is -2.24. The molecular formula is C9H15NO2Si. The zero-order chi connectivity index (χ0) is 10.1. The van der Waals surface area contributed by atoms with Crippen molar-refractivity contribution in [1.82, 2.24) is 5.32 Å². The van der Waals surface area contributed by atoms with Crippen LogP contribution in [0.25, 0.3) is 0 Å². The number of carbonyl (C=O) groups is 2. The highest BCUT2D eigenvalue weighted by Gasteiger charge is 2.22. The van der Waals surface area contributed by atoms with Gasteiger partial charge in [0.25, 0.3) is 11.8 Å². The molecule has 13 heavy (non-hydrogen) atoms. The van der Waals surface area contributed by atoms with Gasteiger partial charge in [-0.3, -0.25) is 14.9 Å². The van der Waals surface area contributed by atoms with Gasteiger partial charge in [0.05, 0.1) is 0 Å². The minimum atomic E-state index is -1.11. The predicted molar refractivity (Wildman–Crippen MR) is 54.0 cm³/mol. The van der Waals surface area contributed by atoms with Crippen LogP contribution < -0.4 is 5.32 Å². The molecule has 1 aliphatic rings. The second kappa shape index (κ2) is 3.45. The van der Waals surface area contributed by atoms with Crippen LogP contribution >= 0.6 is 0 Å². The third-order valence-electron chi connectivity index (χ3n) is 1.98. The molecule has 72 valence electrons. The van der Waals surface area contributed by atoms with Crippen LogP contribution in [-0.2, 0) is 9.59 Å². The molecule has 0 aromatic heterocycles. The monoisotopic (exact) mass is 197 g/mol. The molecule has 0 aromatic carbocycles. The van der Waals surface area contributed by atoms with Crippen LogP contribution in [0, 0.1) is 0 Å². The van der Waals surface area contributed by atoms with Gasteiger partial charge in [-0.05, 0) is 6.42 Å². The summed E-state index contributed by atoms with van der Waals surface area (Å²) in [7, 11) is -1.11. The number of amides is 2. The fourth-order valence-corrected chi connectivity index (χ4v) is 2.17. The molecule has 0 atom stereocenters. The maximum atomic E-state index is 11.1. The van der Waals surface area contributed by atoms with Crippen molar-refractivity contribution in [1.29, 1.82) is 0 Å². The highest BCUT2D eigenvalue weighted by molar-refractivity contribution is 6.76. The maximum Gasteiger partial charge on any atom is 0.254 e. The molecular weight excluding hydrogens is 182 g/mol. The third kappa shape index (κ3) is 3.14. The summed E-state index contributed by atoms with van der Waals surface area (Å²) in [5.74, 6) is -0.473. The smallest absolute Gasteiger partial charge is 0.254 e. The van der Waals surface area contributed by atoms with Gasteiger partial charge in [0.2, 0.25) is 0 Å². The lowest BCUT2D eigenvalue weighted by Gasteiger charge is -2.14. The summed E-state index contributed by atoms with van der Waals surface area (Å²) < 4.78 is 0. The molecule has 0 aromatic rings. The molecule has 1 heterocycles. The second-order valence-corrected chi connectivity index (χ2v) is 10.2. The molecule has 0 fully saturated rings. The molecule has 1 rings (SSSR count). The quantitative estimate of drug-likeness (QED) is 0.547. The summed E-state index contributed by atoms with van der Waals surface area (Å²) in [5.41, 5.74) is 0.646. The van der Waals surface area contributed by atoms with E-state index in [0.717, 1.165) is 12.5 Å². The van der Waals surface area contributed by atoms with E-state index < -0.39 is 8.07 Å². The summed E-state index contributed by atoms with van der Waals surface area (Å²) in [6.45, 7) is 6.76. The number of hydrogen-bond donors (Lipinski definition) is 1. The van der Waals surface area contributed by atoms with Gasteiger partial charge in [-0.2, -0.15) is 0 Å². The van der Waals surface area contributed by atoms with Crippen LogP contribution in [0.4, 0.5) is 0 Å². The average Bonchev–Trinajstić information content (AvgIpc) is 2.24.